The summed E-state index contributed by atoms with van der Waals surface area (Å²) in [7, 11) is 0. The van der Waals surface area contributed by atoms with Crippen molar-refractivity contribution in [2.75, 3.05) is 5.32 Å². The Morgan fingerprint density at radius 2 is 2.36 bits per heavy atom. The molecular weight excluding hydrogens is 221 g/mol. The fourth-order valence-corrected chi connectivity index (χ4v) is 1.15. The van der Waals surface area contributed by atoms with E-state index in [9.17, 15) is 0 Å². The minimum atomic E-state index is -0.0986. The summed E-state index contributed by atoms with van der Waals surface area (Å²) in [5, 5.41) is 3.53. The van der Waals surface area contributed by atoms with Gasteiger partial charge in [-0.1, -0.05) is 24.4 Å². The molecule has 0 aliphatic heterocycles. The first kappa shape index (κ1) is 11.1. The summed E-state index contributed by atoms with van der Waals surface area (Å²) in [6.45, 7) is 1.97. The maximum atomic E-state index is 5.84. The maximum absolute atomic E-state index is 5.84. The van der Waals surface area contributed by atoms with Crippen molar-refractivity contribution in [2.24, 2.45) is 0 Å². The third kappa shape index (κ3) is 2.76. The summed E-state index contributed by atoms with van der Waals surface area (Å²) >= 11 is 11.5. The first-order valence-corrected chi connectivity index (χ1v) is 4.83. The van der Waals surface area contributed by atoms with Gasteiger partial charge in [-0.2, -0.15) is 4.98 Å². The zero-order valence-electron chi connectivity index (χ0n) is 7.59. The van der Waals surface area contributed by atoms with Crippen LogP contribution in [0.3, 0.4) is 0 Å². The molecule has 0 saturated carbocycles. The fourth-order valence-electron chi connectivity index (χ4n) is 0.873. The van der Waals surface area contributed by atoms with Crippen LogP contribution in [0.2, 0.25) is 10.3 Å². The second-order valence-corrected chi connectivity index (χ2v) is 3.35. The van der Waals surface area contributed by atoms with Crippen LogP contribution in [0.15, 0.2) is 6.20 Å². The summed E-state index contributed by atoms with van der Waals surface area (Å²) in [5.74, 6) is 3.04. The van der Waals surface area contributed by atoms with E-state index in [-0.39, 0.29) is 11.3 Å². The molecule has 3 nitrogen and oxygen atoms in total. The van der Waals surface area contributed by atoms with E-state index in [0.717, 1.165) is 6.42 Å². The van der Waals surface area contributed by atoms with Gasteiger partial charge in [-0.25, -0.2) is 4.98 Å². The predicted molar refractivity (Wildman–Crippen MR) is 58.6 cm³/mol. The van der Waals surface area contributed by atoms with E-state index in [4.69, 9.17) is 29.6 Å². The Hall–Kier alpha value is -0.980. The number of halogens is 2. The molecule has 0 aliphatic carbocycles. The number of hydrogen-bond donors (Lipinski definition) is 1. The largest absolute Gasteiger partial charge is 0.355 e. The second-order valence-electron chi connectivity index (χ2n) is 2.61. The molecule has 0 spiro atoms. The highest BCUT2D eigenvalue weighted by Gasteiger charge is 2.07. The van der Waals surface area contributed by atoms with Gasteiger partial charge in [-0.15, -0.1) is 6.42 Å². The Morgan fingerprint density at radius 3 is 2.93 bits per heavy atom. The van der Waals surface area contributed by atoms with Crippen molar-refractivity contribution in [1.29, 1.82) is 0 Å². The zero-order chi connectivity index (χ0) is 10.6. The number of aromatic nitrogens is 2. The molecule has 1 N–H and O–H groups in total. The third-order valence-electron chi connectivity index (χ3n) is 1.64. The van der Waals surface area contributed by atoms with Crippen LogP contribution >= 0.6 is 23.2 Å². The average molecular weight is 230 g/mol. The predicted octanol–water partition coefficient (Wildman–Crippen LogP) is 2.61. The molecule has 1 atom stereocenters. The molecule has 0 aromatic carbocycles. The second kappa shape index (κ2) is 5.04. The molecule has 1 aromatic rings. The lowest BCUT2D eigenvalue weighted by molar-refractivity contribution is 0.849. The molecular formula is C9H9Cl2N3. The lowest BCUT2D eigenvalue weighted by atomic mass is 10.2. The van der Waals surface area contributed by atoms with Gasteiger partial charge in [0.05, 0.1) is 12.2 Å². The SMILES string of the molecule is C#CC(CC)Nc1nc(Cl)ncc1Cl. The highest BCUT2D eigenvalue weighted by molar-refractivity contribution is 6.33. The number of terminal acetylenes is 1. The van der Waals surface area contributed by atoms with Gasteiger partial charge in [0.2, 0.25) is 5.28 Å². The molecule has 0 bridgehead atoms. The number of rotatable bonds is 3. The first-order chi connectivity index (χ1) is 6.67. The monoisotopic (exact) mass is 229 g/mol. The molecule has 1 unspecified atom stereocenters. The topological polar surface area (TPSA) is 37.8 Å². The summed E-state index contributed by atoms with van der Waals surface area (Å²) in [5.41, 5.74) is 0. The fraction of sp³-hybridized carbons (Fsp3) is 0.333. The standard InChI is InChI=1S/C9H9Cl2N3/c1-3-6(4-2)13-8-7(10)5-12-9(11)14-8/h1,5-6H,4H2,2H3,(H,12,13,14). The van der Waals surface area contributed by atoms with Gasteiger partial charge in [0, 0.05) is 0 Å². The van der Waals surface area contributed by atoms with Gasteiger partial charge >= 0.3 is 0 Å². The molecule has 74 valence electrons. The first-order valence-electron chi connectivity index (χ1n) is 4.08. The summed E-state index contributed by atoms with van der Waals surface area (Å²) in [6.07, 6.45) is 7.51. The Kier molecular flexibility index (Phi) is 3.99. The highest BCUT2D eigenvalue weighted by atomic mass is 35.5. The van der Waals surface area contributed by atoms with Crippen molar-refractivity contribution >= 4 is 29.0 Å². The van der Waals surface area contributed by atoms with E-state index >= 15 is 0 Å². The smallest absolute Gasteiger partial charge is 0.224 e. The normalized spacial score (nSPS) is 11.9. The van der Waals surface area contributed by atoms with Crippen LogP contribution in [0.25, 0.3) is 0 Å². The molecule has 0 saturated heterocycles. The Labute approximate surface area is 92.9 Å². The molecule has 5 heteroatoms. The zero-order valence-corrected chi connectivity index (χ0v) is 9.10. The van der Waals surface area contributed by atoms with E-state index in [0.29, 0.717) is 10.8 Å². The van der Waals surface area contributed by atoms with E-state index < -0.39 is 0 Å². The van der Waals surface area contributed by atoms with Crippen LogP contribution in [-0.2, 0) is 0 Å². The number of nitrogens with one attached hydrogen (secondary N) is 1. The number of anilines is 1. The molecule has 1 heterocycles. The van der Waals surface area contributed by atoms with Gasteiger partial charge in [0.15, 0.2) is 5.82 Å². The molecule has 0 radical (unpaired) electrons. The minimum absolute atomic E-state index is 0.0986. The molecule has 0 amide bonds. The van der Waals surface area contributed by atoms with Crippen molar-refractivity contribution < 1.29 is 0 Å². The van der Waals surface area contributed by atoms with Crippen molar-refractivity contribution in [2.45, 2.75) is 19.4 Å². The van der Waals surface area contributed by atoms with Gasteiger partial charge < -0.3 is 5.32 Å². The molecule has 1 aromatic heterocycles. The van der Waals surface area contributed by atoms with Crippen LogP contribution < -0.4 is 5.32 Å². The molecule has 1 rings (SSSR count). The summed E-state index contributed by atoms with van der Waals surface area (Å²) < 4.78 is 0. The third-order valence-corrected chi connectivity index (χ3v) is 2.09. The van der Waals surface area contributed by atoms with Crippen molar-refractivity contribution in [3.8, 4) is 12.3 Å². The highest BCUT2D eigenvalue weighted by Crippen LogP contribution is 2.20. The van der Waals surface area contributed by atoms with Crippen LogP contribution in [0.5, 0.6) is 0 Å². The Bertz CT molecular complexity index is 360. The number of nitrogens with zero attached hydrogens (tertiary/aromatic N) is 2. The average Bonchev–Trinajstić information content (AvgIpc) is 2.19. The van der Waals surface area contributed by atoms with Gasteiger partial charge in [-0.3, -0.25) is 0 Å². The van der Waals surface area contributed by atoms with Crippen LogP contribution in [0.1, 0.15) is 13.3 Å². The Balaban J connectivity index is 2.86. The molecule has 14 heavy (non-hydrogen) atoms. The number of hydrogen-bond acceptors (Lipinski definition) is 3. The summed E-state index contributed by atoms with van der Waals surface area (Å²) in [4.78, 5) is 7.65. The van der Waals surface area contributed by atoms with Crippen LogP contribution in [-0.4, -0.2) is 16.0 Å². The van der Waals surface area contributed by atoms with Crippen molar-refractivity contribution in [3.63, 3.8) is 0 Å². The van der Waals surface area contributed by atoms with Gasteiger partial charge in [-0.05, 0) is 18.0 Å². The van der Waals surface area contributed by atoms with E-state index in [1.165, 1.54) is 6.20 Å². The van der Waals surface area contributed by atoms with Crippen LogP contribution in [0, 0.1) is 12.3 Å². The van der Waals surface area contributed by atoms with Gasteiger partial charge in [0.25, 0.3) is 0 Å². The lowest BCUT2D eigenvalue weighted by Crippen LogP contribution is -2.17. The quantitative estimate of drug-likeness (QED) is 0.640. The summed E-state index contributed by atoms with van der Waals surface area (Å²) in [6, 6.07) is -0.0986. The molecule has 0 fully saturated rings. The van der Waals surface area contributed by atoms with Gasteiger partial charge in [0.1, 0.15) is 5.02 Å². The maximum Gasteiger partial charge on any atom is 0.224 e. The van der Waals surface area contributed by atoms with E-state index in [2.05, 4.69) is 21.2 Å². The van der Waals surface area contributed by atoms with Crippen LogP contribution in [0.4, 0.5) is 5.82 Å². The Morgan fingerprint density at radius 1 is 1.64 bits per heavy atom. The lowest BCUT2D eigenvalue weighted by Gasteiger charge is -2.11. The van der Waals surface area contributed by atoms with Crippen molar-refractivity contribution in [3.05, 3.63) is 16.5 Å². The molecule has 0 aliphatic rings. The van der Waals surface area contributed by atoms with Crippen molar-refractivity contribution in [1.82, 2.24) is 9.97 Å². The van der Waals surface area contributed by atoms with E-state index in [1.54, 1.807) is 0 Å². The minimum Gasteiger partial charge on any atom is -0.355 e. The van der Waals surface area contributed by atoms with E-state index in [1.807, 2.05) is 6.92 Å².